The Morgan fingerprint density at radius 2 is 2.00 bits per heavy atom. The van der Waals surface area contributed by atoms with Crippen LogP contribution in [0.25, 0.3) is 11.1 Å². The largest absolute Gasteiger partial charge is 0.497 e. The molecule has 2 amide bonds. The van der Waals surface area contributed by atoms with Gasteiger partial charge in [-0.15, -0.1) is 6.58 Å². The lowest BCUT2D eigenvalue weighted by molar-refractivity contribution is -0.133. The summed E-state index contributed by atoms with van der Waals surface area (Å²) in [7, 11) is 1.65. The molecular formula is C23H26N2O3. The lowest BCUT2D eigenvalue weighted by atomic mass is 9.96. The average molecular weight is 378 g/mol. The molecule has 0 radical (unpaired) electrons. The maximum Gasteiger partial charge on any atom is 0.229 e. The number of benzene rings is 2. The summed E-state index contributed by atoms with van der Waals surface area (Å²) in [6, 6.07) is 15.6. The van der Waals surface area contributed by atoms with E-state index in [0.717, 1.165) is 35.4 Å². The van der Waals surface area contributed by atoms with E-state index in [1.165, 1.54) is 0 Å². The van der Waals surface area contributed by atoms with Crippen molar-refractivity contribution in [2.75, 3.05) is 25.5 Å². The number of hydrogen-bond acceptors (Lipinski definition) is 3. The summed E-state index contributed by atoms with van der Waals surface area (Å²) in [5.41, 5.74) is 2.86. The van der Waals surface area contributed by atoms with Crippen molar-refractivity contribution in [3.63, 3.8) is 0 Å². The number of methoxy groups -OCH3 is 1. The van der Waals surface area contributed by atoms with E-state index in [-0.39, 0.29) is 17.7 Å². The Bertz CT molecular complexity index is 845. The minimum Gasteiger partial charge on any atom is -0.497 e. The summed E-state index contributed by atoms with van der Waals surface area (Å²) in [5, 5.41) is 2.98. The van der Waals surface area contributed by atoms with E-state index in [2.05, 4.69) is 11.9 Å². The van der Waals surface area contributed by atoms with Crippen LogP contribution in [0.15, 0.2) is 61.2 Å². The molecule has 0 unspecified atom stereocenters. The predicted octanol–water partition coefficient (Wildman–Crippen LogP) is 4.12. The van der Waals surface area contributed by atoms with E-state index < -0.39 is 0 Å². The number of anilines is 1. The molecule has 2 aromatic rings. The van der Waals surface area contributed by atoms with Crippen molar-refractivity contribution in [2.45, 2.75) is 19.3 Å². The molecule has 0 spiro atoms. The number of piperidine rings is 1. The van der Waals surface area contributed by atoms with Gasteiger partial charge in [-0.05, 0) is 48.2 Å². The van der Waals surface area contributed by atoms with E-state index >= 15 is 0 Å². The van der Waals surface area contributed by atoms with Crippen LogP contribution >= 0.6 is 0 Å². The quantitative estimate of drug-likeness (QED) is 0.770. The van der Waals surface area contributed by atoms with E-state index in [1.807, 2.05) is 48.5 Å². The SMILES string of the molecule is C=CCC(=O)N1CCC[C@H](C(=O)Nc2ccc(-c3cccc(OC)c3)cc2)C1. The van der Waals surface area contributed by atoms with Crippen LogP contribution in [0.2, 0.25) is 0 Å². The molecule has 1 fully saturated rings. The van der Waals surface area contributed by atoms with Gasteiger partial charge >= 0.3 is 0 Å². The highest BCUT2D eigenvalue weighted by Gasteiger charge is 2.27. The lowest BCUT2D eigenvalue weighted by Gasteiger charge is -2.32. The molecule has 1 heterocycles. The molecule has 0 saturated carbocycles. The molecular weight excluding hydrogens is 352 g/mol. The molecule has 28 heavy (non-hydrogen) atoms. The van der Waals surface area contributed by atoms with Gasteiger partial charge in [0.25, 0.3) is 0 Å². The van der Waals surface area contributed by atoms with Crippen molar-refractivity contribution in [3.05, 3.63) is 61.2 Å². The smallest absolute Gasteiger partial charge is 0.229 e. The number of rotatable bonds is 6. The topological polar surface area (TPSA) is 58.6 Å². The number of nitrogens with one attached hydrogen (secondary N) is 1. The van der Waals surface area contributed by atoms with Gasteiger partial charge in [-0.2, -0.15) is 0 Å². The van der Waals surface area contributed by atoms with Crippen molar-refractivity contribution < 1.29 is 14.3 Å². The van der Waals surface area contributed by atoms with Crippen molar-refractivity contribution in [3.8, 4) is 16.9 Å². The Morgan fingerprint density at radius 1 is 1.21 bits per heavy atom. The number of likely N-dealkylation sites (tertiary alicyclic amines) is 1. The molecule has 2 aromatic carbocycles. The second kappa shape index (κ2) is 9.22. The molecule has 5 heteroatoms. The molecule has 146 valence electrons. The molecule has 1 N–H and O–H groups in total. The van der Waals surface area contributed by atoms with Gasteiger partial charge in [-0.1, -0.05) is 30.3 Å². The van der Waals surface area contributed by atoms with Crippen LogP contribution in [-0.4, -0.2) is 36.9 Å². The highest BCUT2D eigenvalue weighted by atomic mass is 16.5. The van der Waals surface area contributed by atoms with Gasteiger partial charge in [0.2, 0.25) is 11.8 Å². The summed E-state index contributed by atoms with van der Waals surface area (Å²) in [6.45, 7) is 4.80. The molecule has 3 rings (SSSR count). The van der Waals surface area contributed by atoms with Crippen LogP contribution in [0.1, 0.15) is 19.3 Å². The van der Waals surface area contributed by atoms with Crippen molar-refractivity contribution in [2.24, 2.45) is 5.92 Å². The first kappa shape index (κ1) is 19.7. The van der Waals surface area contributed by atoms with Gasteiger partial charge in [0.1, 0.15) is 5.75 Å². The fourth-order valence-electron chi connectivity index (χ4n) is 3.46. The minimum atomic E-state index is -0.180. The molecule has 1 aliphatic heterocycles. The van der Waals surface area contributed by atoms with Gasteiger partial charge in [-0.3, -0.25) is 9.59 Å². The second-order valence-corrected chi connectivity index (χ2v) is 6.97. The Labute approximate surface area is 166 Å². The fourth-order valence-corrected chi connectivity index (χ4v) is 3.46. The van der Waals surface area contributed by atoms with Crippen LogP contribution in [0.3, 0.4) is 0 Å². The van der Waals surface area contributed by atoms with Crippen molar-refractivity contribution in [1.82, 2.24) is 4.90 Å². The first-order chi connectivity index (χ1) is 13.6. The molecule has 5 nitrogen and oxygen atoms in total. The average Bonchev–Trinajstić information content (AvgIpc) is 2.74. The summed E-state index contributed by atoms with van der Waals surface area (Å²) in [5.74, 6) is 0.628. The molecule has 1 atom stereocenters. The fraction of sp³-hybridized carbons (Fsp3) is 0.304. The highest BCUT2D eigenvalue weighted by molar-refractivity contribution is 5.93. The molecule has 0 bridgehead atoms. The highest BCUT2D eigenvalue weighted by Crippen LogP contribution is 2.26. The van der Waals surface area contributed by atoms with Gasteiger partial charge in [0.15, 0.2) is 0 Å². The van der Waals surface area contributed by atoms with Gasteiger partial charge in [0.05, 0.1) is 13.0 Å². The number of amides is 2. The van der Waals surface area contributed by atoms with Crippen molar-refractivity contribution in [1.29, 1.82) is 0 Å². The van der Waals surface area contributed by atoms with E-state index in [1.54, 1.807) is 18.1 Å². The first-order valence-electron chi connectivity index (χ1n) is 9.54. The molecule has 1 saturated heterocycles. The normalized spacial score (nSPS) is 16.3. The van der Waals surface area contributed by atoms with Gasteiger partial charge in [-0.25, -0.2) is 0 Å². The Balaban J connectivity index is 1.62. The van der Waals surface area contributed by atoms with Gasteiger partial charge < -0.3 is 15.0 Å². The summed E-state index contributed by atoms with van der Waals surface area (Å²) in [4.78, 5) is 26.5. The lowest BCUT2D eigenvalue weighted by Crippen LogP contribution is -2.43. The van der Waals surface area contributed by atoms with Crippen LogP contribution in [0.5, 0.6) is 5.75 Å². The van der Waals surface area contributed by atoms with Gasteiger partial charge in [0, 0.05) is 25.2 Å². The minimum absolute atomic E-state index is 0.0368. The number of carbonyl (C=O) groups is 2. The Kier molecular flexibility index (Phi) is 6.48. The zero-order chi connectivity index (χ0) is 19.9. The third-order valence-electron chi connectivity index (χ3n) is 5.02. The zero-order valence-electron chi connectivity index (χ0n) is 16.2. The van der Waals surface area contributed by atoms with E-state index in [0.29, 0.717) is 19.5 Å². The third-order valence-corrected chi connectivity index (χ3v) is 5.02. The van der Waals surface area contributed by atoms with Crippen LogP contribution in [-0.2, 0) is 9.59 Å². The molecule has 1 aliphatic rings. The summed E-state index contributed by atoms with van der Waals surface area (Å²) < 4.78 is 5.27. The predicted molar refractivity (Wildman–Crippen MR) is 111 cm³/mol. The van der Waals surface area contributed by atoms with Crippen LogP contribution in [0.4, 0.5) is 5.69 Å². The summed E-state index contributed by atoms with van der Waals surface area (Å²) >= 11 is 0. The summed E-state index contributed by atoms with van der Waals surface area (Å²) in [6.07, 6.45) is 3.57. The maximum atomic E-state index is 12.6. The maximum absolute atomic E-state index is 12.6. The first-order valence-corrected chi connectivity index (χ1v) is 9.54. The standard InChI is InChI=1S/C23H26N2O3/c1-3-6-22(26)25-14-5-8-19(16-25)23(27)24-20-12-10-17(11-13-20)18-7-4-9-21(15-18)28-2/h3-4,7,9-13,15,19H,1,5-6,8,14,16H2,2H3,(H,24,27)/t19-/m0/s1. The third kappa shape index (κ3) is 4.80. The van der Waals surface area contributed by atoms with Crippen LogP contribution in [0, 0.1) is 5.92 Å². The number of hydrogen-bond donors (Lipinski definition) is 1. The number of ether oxygens (including phenoxy) is 1. The van der Waals surface area contributed by atoms with Crippen molar-refractivity contribution >= 4 is 17.5 Å². The monoisotopic (exact) mass is 378 g/mol. The molecule has 0 aromatic heterocycles. The van der Waals surface area contributed by atoms with Crippen LogP contribution < -0.4 is 10.1 Å². The Morgan fingerprint density at radius 3 is 2.71 bits per heavy atom. The zero-order valence-corrected chi connectivity index (χ0v) is 16.2. The van der Waals surface area contributed by atoms with E-state index in [4.69, 9.17) is 4.74 Å². The molecule has 0 aliphatic carbocycles. The second-order valence-electron chi connectivity index (χ2n) is 6.97. The number of carbonyl (C=O) groups excluding carboxylic acids is 2. The number of nitrogens with zero attached hydrogens (tertiary/aromatic N) is 1. The van der Waals surface area contributed by atoms with E-state index in [9.17, 15) is 9.59 Å². The Hall–Kier alpha value is -3.08.